The van der Waals surface area contributed by atoms with Crippen molar-refractivity contribution >= 4 is 61.2 Å². The van der Waals surface area contributed by atoms with Gasteiger partial charge in [0.2, 0.25) is 5.91 Å². The summed E-state index contributed by atoms with van der Waals surface area (Å²) in [6.07, 6.45) is 0. The molecule has 0 spiro atoms. The number of carbonyl (C=O) groups excluding carboxylic acids is 1. The molecule has 0 unspecified atom stereocenters. The molecule has 1 amide bonds. The Bertz CT molecular complexity index is 1250. The van der Waals surface area contributed by atoms with Crippen LogP contribution in [0.1, 0.15) is 6.92 Å². The Morgan fingerprint density at radius 2 is 1.78 bits per heavy atom. The molecule has 4 N–H and O–H groups in total. The fourth-order valence-corrected chi connectivity index (χ4v) is 4.23. The number of amides is 1. The van der Waals surface area contributed by atoms with E-state index >= 15 is 0 Å². The smallest absolute Gasteiger partial charge is 0.383 e. The molecule has 0 fully saturated rings. The number of hydrogen-bond acceptors (Lipinski definition) is 14. The van der Waals surface area contributed by atoms with Gasteiger partial charge in [-0.15, -0.1) is 9.45 Å². The summed E-state index contributed by atoms with van der Waals surface area (Å²) in [6.45, 7) is 1.15. The number of carbonyl (C=O) groups is 1. The van der Waals surface area contributed by atoms with E-state index in [0.29, 0.717) is 41.6 Å². The van der Waals surface area contributed by atoms with Crippen LogP contribution in [0, 0.1) is 0 Å². The van der Waals surface area contributed by atoms with Gasteiger partial charge in [-0.25, -0.2) is 17.9 Å². The maximum Gasteiger partial charge on any atom is 0.397 e. The first-order chi connectivity index (χ1) is 17.0. The van der Waals surface area contributed by atoms with Gasteiger partial charge in [0, 0.05) is 19.2 Å². The third-order valence-electron chi connectivity index (χ3n) is 3.98. The zero-order chi connectivity index (χ0) is 26.6. The van der Waals surface area contributed by atoms with Crippen molar-refractivity contribution in [3.8, 4) is 0 Å². The first-order valence-corrected chi connectivity index (χ1v) is 13.5. The summed E-state index contributed by atoms with van der Waals surface area (Å²) in [6, 6.07) is 10.2. The lowest BCUT2D eigenvalue weighted by atomic mass is 10.2. The zero-order valence-corrected chi connectivity index (χ0v) is 21.0. The highest BCUT2D eigenvalue weighted by Gasteiger charge is 2.16. The Kier molecular flexibility index (Phi) is 11.6. The molecule has 0 aromatic heterocycles. The molecule has 198 valence electrons. The monoisotopic (exact) mass is 566 g/mol. The summed E-state index contributed by atoms with van der Waals surface area (Å²) >= 11 is 0.447. The number of benzene rings is 2. The molecule has 0 bridgehead atoms. The van der Waals surface area contributed by atoms with Crippen LogP contribution in [-0.2, 0) is 42.8 Å². The standard InChI is InChI=1S/C18H22N4O11S3/c1-13(23)20-18-12-15(19-8-9-30-34-33-32-24)4-7-17(18)22-21-14-2-5-16(6-3-14)35(25,26)11-10-31-36(27,28)29/h2-7,12,19,24H,8-11H2,1H3,(H,20,23)(H,27,28,29). The third kappa shape index (κ3) is 10.9. The highest BCUT2D eigenvalue weighted by atomic mass is 32.3. The van der Waals surface area contributed by atoms with Crippen molar-refractivity contribution in [1.82, 2.24) is 0 Å². The average molecular weight is 567 g/mol. The molecule has 0 heterocycles. The molecule has 2 rings (SSSR count). The molecule has 0 saturated heterocycles. The van der Waals surface area contributed by atoms with Gasteiger partial charge >= 0.3 is 10.4 Å². The minimum absolute atomic E-state index is 0.104. The number of rotatable bonds is 15. The van der Waals surface area contributed by atoms with Crippen LogP contribution in [0.25, 0.3) is 0 Å². The summed E-state index contributed by atoms with van der Waals surface area (Å²) in [5.74, 6) is -0.999. The minimum Gasteiger partial charge on any atom is -0.383 e. The van der Waals surface area contributed by atoms with Crippen LogP contribution in [0.3, 0.4) is 0 Å². The van der Waals surface area contributed by atoms with Gasteiger partial charge < -0.3 is 10.6 Å². The van der Waals surface area contributed by atoms with Crippen LogP contribution in [0.4, 0.5) is 22.7 Å². The predicted molar refractivity (Wildman–Crippen MR) is 128 cm³/mol. The number of anilines is 2. The van der Waals surface area contributed by atoms with Crippen molar-refractivity contribution in [3.63, 3.8) is 0 Å². The molecule has 0 radical (unpaired) electrons. The molecule has 15 nitrogen and oxygen atoms in total. The van der Waals surface area contributed by atoms with E-state index in [1.807, 2.05) is 0 Å². The second-order valence-corrected chi connectivity index (χ2v) is 10.3. The van der Waals surface area contributed by atoms with Gasteiger partial charge in [-0.2, -0.15) is 13.5 Å². The molecule has 2 aromatic carbocycles. The van der Waals surface area contributed by atoms with Crippen molar-refractivity contribution in [3.05, 3.63) is 42.5 Å². The lowest BCUT2D eigenvalue weighted by Crippen LogP contribution is -2.15. The SMILES string of the molecule is CC(=O)Nc1cc(NCCOSOOO)ccc1N=Nc1ccc(S(=O)(=O)CCOS(=O)(=O)O)cc1. The van der Waals surface area contributed by atoms with E-state index in [4.69, 9.17) is 14.0 Å². The summed E-state index contributed by atoms with van der Waals surface area (Å²) in [5.41, 5.74) is 1.64. The molecule has 18 heteroatoms. The Morgan fingerprint density at radius 1 is 1.06 bits per heavy atom. The maximum absolute atomic E-state index is 12.2. The summed E-state index contributed by atoms with van der Waals surface area (Å²) in [4.78, 5) is 11.5. The first kappa shape index (κ1) is 29.5. The Hall–Kier alpha value is -2.68. The molecule has 0 aliphatic heterocycles. The highest BCUT2D eigenvalue weighted by molar-refractivity contribution is 7.91. The van der Waals surface area contributed by atoms with Crippen LogP contribution in [0.15, 0.2) is 57.6 Å². The van der Waals surface area contributed by atoms with Crippen molar-refractivity contribution in [2.24, 2.45) is 10.2 Å². The average Bonchev–Trinajstić information content (AvgIpc) is 2.79. The fourth-order valence-electron chi connectivity index (χ4n) is 2.52. The van der Waals surface area contributed by atoms with Gasteiger partial charge in [0.05, 0.1) is 35.2 Å². The molecule has 0 saturated carbocycles. The minimum atomic E-state index is -4.74. The van der Waals surface area contributed by atoms with Gasteiger partial charge in [0.25, 0.3) is 0 Å². The van der Waals surface area contributed by atoms with Crippen LogP contribution in [-0.4, -0.2) is 58.1 Å². The predicted octanol–water partition coefficient (Wildman–Crippen LogP) is 3.07. The van der Waals surface area contributed by atoms with Crippen LogP contribution < -0.4 is 10.6 Å². The van der Waals surface area contributed by atoms with Crippen LogP contribution in [0.5, 0.6) is 0 Å². The number of sulfone groups is 1. The van der Waals surface area contributed by atoms with Gasteiger partial charge in [0.15, 0.2) is 22.2 Å². The van der Waals surface area contributed by atoms with Gasteiger partial charge in [0.1, 0.15) is 5.69 Å². The van der Waals surface area contributed by atoms with Crippen LogP contribution in [0.2, 0.25) is 0 Å². The Morgan fingerprint density at radius 3 is 2.42 bits per heavy atom. The fraction of sp³-hybridized carbons (Fsp3) is 0.278. The lowest BCUT2D eigenvalue weighted by molar-refractivity contribution is -0.434. The van der Waals surface area contributed by atoms with E-state index in [1.165, 1.54) is 31.2 Å². The Balaban J connectivity index is 2.06. The largest absolute Gasteiger partial charge is 0.397 e. The molecule has 36 heavy (non-hydrogen) atoms. The maximum atomic E-state index is 12.2. The molecule has 0 aliphatic rings. The van der Waals surface area contributed by atoms with Crippen molar-refractivity contribution in [2.45, 2.75) is 11.8 Å². The van der Waals surface area contributed by atoms with Gasteiger partial charge in [-0.3, -0.25) is 13.5 Å². The summed E-state index contributed by atoms with van der Waals surface area (Å²) in [7, 11) is -8.61. The second-order valence-electron chi connectivity index (χ2n) is 6.63. The van der Waals surface area contributed by atoms with E-state index in [0.717, 1.165) is 0 Å². The van der Waals surface area contributed by atoms with E-state index in [-0.39, 0.29) is 17.4 Å². The summed E-state index contributed by atoms with van der Waals surface area (Å²) in [5, 5.41) is 25.2. The van der Waals surface area contributed by atoms with Crippen molar-refractivity contribution in [1.29, 1.82) is 0 Å². The normalized spacial score (nSPS) is 12.1. The van der Waals surface area contributed by atoms with Crippen LogP contribution >= 0.6 is 12.3 Å². The second kappa shape index (κ2) is 14.2. The third-order valence-corrected chi connectivity index (χ3v) is 6.52. The van der Waals surface area contributed by atoms with Crippen molar-refractivity contribution < 1.29 is 49.2 Å². The summed E-state index contributed by atoms with van der Waals surface area (Å²) < 4.78 is 67.1. The molecule has 0 aliphatic carbocycles. The van der Waals surface area contributed by atoms with E-state index in [2.05, 4.69) is 34.4 Å². The highest BCUT2D eigenvalue weighted by Crippen LogP contribution is 2.30. The van der Waals surface area contributed by atoms with Gasteiger partial charge in [-0.05, 0) is 42.5 Å². The van der Waals surface area contributed by atoms with Crippen molar-refractivity contribution in [2.75, 3.05) is 36.1 Å². The topological polar surface area (TPSA) is 212 Å². The van der Waals surface area contributed by atoms with Gasteiger partial charge in [-0.1, -0.05) is 5.04 Å². The van der Waals surface area contributed by atoms with E-state index < -0.39 is 32.6 Å². The Labute approximate surface area is 210 Å². The first-order valence-electron chi connectivity index (χ1n) is 9.78. The molecule has 0 atom stereocenters. The quantitative estimate of drug-likeness (QED) is 0.0610. The van der Waals surface area contributed by atoms with E-state index in [9.17, 15) is 21.6 Å². The van der Waals surface area contributed by atoms with E-state index in [1.54, 1.807) is 18.2 Å². The lowest BCUT2D eigenvalue weighted by Gasteiger charge is -2.10. The number of nitrogens with zero attached hydrogens (tertiary/aromatic N) is 2. The molecular weight excluding hydrogens is 544 g/mol. The zero-order valence-electron chi connectivity index (χ0n) is 18.6. The number of nitrogens with one attached hydrogen (secondary N) is 2. The molecular formula is C18H22N4O11S3. The number of azo groups is 1. The molecule has 2 aromatic rings. The number of hydrogen-bond donors (Lipinski definition) is 4.